The van der Waals surface area contributed by atoms with Gasteiger partial charge < -0.3 is 5.11 Å². The maximum Gasteiger partial charge on any atom is 0.0758 e. The van der Waals surface area contributed by atoms with E-state index in [1.54, 1.807) is 0 Å². The highest BCUT2D eigenvalue weighted by atomic mass is 16.3. The smallest absolute Gasteiger partial charge is 0.0758 e. The van der Waals surface area contributed by atoms with Crippen molar-refractivity contribution in [2.24, 2.45) is 34.5 Å². The van der Waals surface area contributed by atoms with Crippen molar-refractivity contribution in [3.63, 3.8) is 0 Å². The zero-order chi connectivity index (χ0) is 15.5. The Morgan fingerprint density at radius 3 is 2.73 bits per heavy atom. The van der Waals surface area contributed by atoms with Gasteiger partial charge in [-0.15, -0.1) is 0 Å². The molecule has 0 aromatic carbocycles. The number of aliphatic hydroxyl groups is 1. The molecule has 1 heteroatoms. The van der Waals surface area contributed by atoms with Crippen molar-refractivity contribution in [2.45, 2.75) is 84.7 Å². The molecule has 124 valence electrons. The van der Waals surface area contributed by atoms with Gasteiger partial charge in [-0.2, -0.15) is 0 Å². The normalized spacial score (nSPS) is 54.2. The third kappa shape index (κ3) is 1.87. The molecule has 0 aromatic heterocycles. The van der Waals surface area contributed by atoms with Crippen LogP contribution in [0.25, 0.3) is 0 Å². The molecular formula is C21H34O. The Morgan fingerprint density at radius 2 is 1.95 bits per heavy atom. The number of allylic oxidation sites excluding steroid dienone is 1. The van der Waals surface area contributed by atoms with E-state index < -0.39 is 0 Å². The van der Waals surface area contributed by atoms with Crippen LogP contribution in [-0.4, -0.2) is 11.2 Å². The van der Waals surface area contributed by atoms with Gasteiger partial charge in [0, 0.05) is 0 Å². The van der Waals surface area contributed by atoms with Gasteiger partial charge in [0.2, 0.25) is 0 Å². The number of rotatable bonds is 1. The van der Waals surface area contributed by atoms with Crippen LogP contribution in [0, 0.1) is 34.5 Å². The summed E-state index contributed by atoms with van der Waals surface area (Å²) in [6.45, 7) is 7.48. The molecule has 1 N–H and O–H groups in total. The van der Waals surface area contributed by atoms with Crippen LogP contribution >= 0.6 is 0 Å². The third-order valence-corrected chi connectivity index (χ3v) is 8.72. The van der Waals surface area contributed by atoms with E-state index in [9.17, 15) is 5.11 Å². The van der Waals surface area contributed by atoms with E-state index in [1.165, 1.54) is 56.9 Å². The summed E-state index contributed by atoms with van der Waals surface area (Å²) < 4.78 is 0. The Labute approximate surface area is 136 Å². The Morgan fingerprint density at radius 1 is 1.14 bits per heavy atom. The van der Waals surface area contributed by atoms with Crippen LogP contribution in [-0.2, 0) is 0 Å². The lowest BCUT2D eigenvalue weighted by atomic mass is 9.46. The molecule has 0 aromatic rings. The predicted octanol–water partition coefficient (Wildman–Crippen LogP) is 5.34. The Balaban J connectivity index is 1.69. The molecular weight excluding hydrogens is 268 g/mol. The molecule has 0 heterocycles. The molecule has 3 fully saturated rings. The minimum absolute atomic E-state index is 0.144. The van der Waals surface area contributed by atoms with Crippen LogP contribution in [0.15, 0.2) is 11.6 Å². The summed E-state index contributed by atoms with van der Waals surface area (Å²) in [4.78, 5) is 0. The van der Waals surface area contributed by atoms with Gasteiger partial charge in [-0.3, -0.25) is 0 Å². The Hall–Kier alpha value is -0.300. The predicted molar refractivity (Wildman–Crippen MR) is 91.5 cm³/mol. The first-order valence-corrected chi connectivity index (χ1v) is 9.89. The number of fused-ring (bicyclic) bond motifs is 5. The van der Waals surface area contributed by atoms with Crippen LogP contribution in [0.5, 0.6) is 0 Å². The molecule has 0 bridgehead atoms. The SMILES string of the molecule is CC[C@H]1CC[C@H]2[C@@H]3CC(O)C4=CCCC[C@]4(C)[C@H]3CC[C@]12C. The largest absolute Gasteiger partial charge is 0.389 e. The summed E-state index contributed by atoms with van der Waals surface area (Å²) in [7, 11) is 0. The van der Waals surface area contributed by atoms with Gasteiger partial charge in [-0.25, -0.2) is 0 Å². The standard InChI is InChI=1S/C21H34O/c1-4-14-8-9-16-15-13-19(22)18-7-5-6-11-21(18,3)17(15)10-12-20(14,16)2/h7,14-17,19,22H,4-6,8-13H2,1-3H3/t14-,15-,16-,17-,19?,20+,21+/m0/s1. The number of hydrogen-bond donors (Lipinski definition) is 1. The number of hydrogen-bond acceptors (Lipinski definition) is 1. The molecule has 3 saturated carbocycles. The lowest BCUT2D eigenvalue weighted by molar-refractivity contribution is -0.0786. The first kappa shape index (κ1) is 15.2. The average Bonchev–Trinajstić information content (AvgIpc) is 2.84. The van der Waals surface area contributed by atoms with Gasteiger partial charge in [-0.05, 0) is 91.4 Å². The summed E-state index contributed by atoms with van der Waals surface area (Å²) in [5, 5.41) is 10.9. The molecule has 7 atom stereocenters. The summed E-state index contributed by atoms with van der Waals surface area (Å²) in [5.41, 5.74) is 2.31. The quantitative estimate of drug-likeness (QED) is 0.648. The van der Waals surface area contributed by atoms with Gasteiger partial charge >= 0.3 is 0 Å². The molecule has 4 aliphatic carbocycles. The van der Waals surface area contributed by atoms with Gasteiger partial charge in [-0.1, -0.05) is 33.3 Å². The van der Waals surface area contributed by atoms with Crippen molar-refractivity contribution in [3.05, 3.63) is 11.6 Å². The van der Waals surface area contributed by atoms with Crippen LogP contribution in [0.4, 0.5) is 0 Å². The Bertz CT molecular complexity index is 480. The zero-order valence-electron chi connectivity index (χ0n) is 14.8. The van der Waals surface area contributed by atoms with Crippen LogP contribution < -0.4 is 0 Å². The lowest BCUT2D eigenvalue weighted by Crippen LogP contribution is -2.53. The fourth-order valence-corrected chi connectivity index (χ4v) is 7.59. The molecule has 4 aliphatic rings. The molecule has 0 radical (unpaired) electrons. The van der Waals surface area contributed by atoms with E-state index >= 15 is 0 Å². The van der Waals surface area contributed by atoms with Crippen molar-refractivity contribution in [1.29, 1.82) is 0 Å². The molecule has 1 nitrogen and oxygen atoms in total. The van der Waals surface area contributed by atoms with Gasteiger partial charge in [0.15, 0.2) is 0 Å². The van der Waals surface area contributed by atoms with E-state index in [0.717, 1.165) is 30.1 Å². The molecule has 0 amide bonds. The van der Waals surface area contributed by atoms with Gasteiger partial charge in [0.05, 0.1) is 6.10 Å². The highest BCUT2D eigenvalue weighted by Gasteiger charge is 2.59. The van der Waals surface area contributed by atoms with Crippen LogP contribution in [0.1, 0.15) is 78.6 Å². The topological polar surface area (TPSA) is 20.2 Å². The van der Waals surface area contributed by atoms with Crippen LogP contribution in [0.3, 0.4) is 0 Å². The summed E-state index contributed by atoms with van der Waals surface area (Å²) in [5.74, 6) is 3.44. The molecule has 22 heavy (non-hydrogen) atoms. The molecule has 0 aliphatic heterocycles. The second kappa shape index (κ2) is 5.10. The highest BCUT2D eigenvalue weighted by molar-refractivity contribution is 5.27. The van der Waals surface area contributed by atoms with Crippen LogP contribution in [0.2, 0.25) is 0 Å². The number of aliphatic hydroxyl groups excluding tert-OH is 1. The van der Waals surface area contributed by atoms with E-state index in [1.807, 2.05) is 0 Å². The van der Waals surface area contributed by atoms with E-state index in [4.69, 9.17) is 0 Å². The highest BCUT2D eigenvalue weighted by Crippen LogP contribution is 2.67. The van der Waals surface area contributed by atoms with Gasteiger partial charge in [0.1, 0.15) is 0 Å². The van der Waals surface area contributed by atoms with E-state index in [-0.39, 0.29) is 6.10 Å². The van der Waals surface area contributed by atoms with Crippen molar-refractivity contribution < 1.29 is 5.11 Å². The summed E-state index contributed by atoms with van der Waals surface area (Å²) in [6.07, 6.45) is 14.2. The molecule has 4 rings (SSSR count). The monoisotopic (exact) mass is 302 g/mol. The van der Waals surface area contributed by atoms with Crippen molar-refractivity contribution in [1.82, 2.24) is 0 Å². The first-order valence-electron chi connectivity index (χ1n) is 9.89. The minimum atomic E-state index is -0.144. The second-order valence-electron chi connectivity index (χ2n) is 9.32. The zero-order valence-corrected chi connectivity index (χ0v) is 14.8. The van der Waals surface area contributed by atoms with Crippen molar-refractivity contribution in [2.75, 3.05) is 0 Å². The van der Waals surface area contributed by atoms with Crippen molar-refractivity contribution >= 4 is 0 Å². The summed E-state index contributed by atoms with van der Waals surface area (Å²) >= 11 is 0. The van der Waals surface area contributed by atoms with E-state index in [2.05, 4.69) is 26.8 Å². The Kier molecular flexibility index (Phi) is 3.53. The lowest BCUT2D eigenvalue weighted by Gasteiger charge is -2.59. The van der Waals surface area contributed by atoms with Gasteiger partial charge in [0.25, 0.3) is 0 Å². The average molecular weight is 303 g/mol. The maximum absolute atomic E-state index is 10.9. The fourth-order valence-electron chi connectivity index (χ4n) is 7.59. The third-order valence-electron chi connectivity index (χ3n) is 8.72. The first-order chi connectivity index (χ1) is 10.5. The fraction of sp³-hybridized carbons (Fsp3) is 0.905. The molecule has 0 spiro atoms. The van der Waals surface area contributed by atoms with E-state index in [0.29, 0.717) is 10.8 Å². The second-order valence-corrected chi connectivity index (χ2v) is 9.32. The minimum Gasteiger partial charge on any atom is -0.389 e. The van der Waals surface area contributed by atoms with Crippen molar-refractivity contribution in [3.8, 4) is 0 Å². The molecule has 1 unspecified atom stereocenters. The molecule has 0 saturated heterocycles. The summed E-state index contributed by atoms with van der Waals surface area (Å²) in [6, 6.07) is 0. The maximum atomic E-state index is 10.9.